The smallest absolute Gasteiger partial charge is 0.326 e. The van der Waals surface area contributed by atoms with Gasteiger partial charge in [-0.05, 0) is 48.2 Å². The Balaban J connectivity index is 1.88. The molecule has 29 heavy (non-hydrogen) atoms. The van der Waals surface area contributed by atoms with Crippen molar-refractivity contribution >= 4 is 33.4 Å². The van der Waals surface area contributed by atoms with Crippen LogP contribution in [0.15, 0.2) is 64.3 Å². The number of allylic oxidation sites excluding steroid dienone is 1. The first-order chi connectivity index (χ1) is 13.8. The number of benzene rings is 2. The highest BCUT2D eigenvalue weighted by atomic mass is 79.9. The highest BCUT2D eigenvalue weighted by Gasteiger charge is 2.45. The van der Waals surface area contributed by atoms with Crippen molar-refractivity contribution in [1.29, 1.82) is 0 Å². The van der Waals surface area contributed by atoms with Crippen LogP contribution in [0.5, 0.6) is 0 Å². The summed E-state index contributed by atoms with van der Waals surface area (Å²) in [5.74, 6) is 0.0401. The molecule has 0 saturated carbocycles. The molecular formula is C23H22BrFN2O2. The summed E-state index contributed by atoms with van der Waals surface area (Å²) in [6.07, 6.45) is 1.26. The zero-order chi connectivity index (χ0) is 20.8. The number of urea groups is 1. The van der Waals surface area contributed by atoms with Gasteiger partial charge in [0.15, 0.2) is 5.78 Å². The summed E-state index contributed by atoms with van der Waals surface area (Å²) in [7, 11) is 0. The largest absolute Gasteiger partial charge is 0.327 e. The Labute approximate surface area is 177 Å². The van der Waals surface area contributed by atoms with Gasteiger partial charge in [-0.25, -0.2) is 9.18 Å². The quantitative estimate of drug-likeness (QED) is 0.630. The summed E-state index contributed by atoms with van der Waals surface area (Å²) in [6.45, 7) is 3.28. The summed E-state index contributed by atoms with van der Waals surface area (Å²) in [5, 5.41) is 3.00. The topological polar surface area (TPSA) is 49.4 Å². The van der Waals surface area contributed by atoms with Gasteiger partial charge in [0.05, 0.1) is 11.7 Å². The number of hydrogen-bond donors (Lipinski definition) is 1. The van der Waals surface area contributed by atoms with Gasteiger partial charge in [0.25, 0.3) is 0 Å². The van der Waals surface area contributed by atoms with Crippen molar-refractivity contribution in [2.75, 3.05) is 4.90 Å². The Morgan fingerprint density at radius 2 is 1.90 bits per heavy atom. The summed E-state index contributed by atoms with van der Waals surface area (Å²) in [6, 6.07) is 13.7. The lowest BCUT2D eigenvalue weighted by molar-refractivity contribution is -0.124. The maximum absolute atomic E-state index is 13.4. The maximum atomic E-state index is 13.4. The average molecular weight is 457 g/mol. The number of ketones is 1. The molecule has 150 valence electrons. The predicted octanol–water partition coefficient (Wildman–Crippen LogP) is 5.83. The number of nitrogens with one attached hydrogen (secondary N) is 1. The monoisotopic (exact) mass is 456 g/mol. The molecule has 0 aromatic heterocycles. The lowest BCUT2D eigenvalue weighted by Crippen LogP contribution is -2.51. The molecule has 1 unspecified atom stereocenters. The second kappa shape index (κ2) is 7.41. The number of carbonyl (C=O) groups is 2. The van der Waals surface area contributed by atoms with Crippen LogP contribution in [0.3, 0.4) is 0 Å². The van der Waals surface area contributed by atoms with Gasteiger partial charge in [-0.3, -0.25) is 9.69 Å². The summed E-state index contributed by atoms with van der Waals surface area (Å²) in [4.78, 5) is 28.1. The first-order valence-electron chi connectivity index (χ1n) is 9.60. The fourth-order valence-electron chi connectivity index (χ4n) is 4.04. The van der Waals surface area contributed by atoms with E-state index in [0.717, 1.165) is 10.0 Å². The minimum absolute atomic E-state index is 0.0401. The molecule has 0 saturated heterocycles. The van der Waals surface area contributed by atoms with E-state index in [-0.39, 0.29) is 11.8 Å². The molecule has 2 aromatic rings. The van der Waals surface area contributed by atoms with E-state index >= 15 is 0 Å². The first kappa shape index (κ1) is 19.8. The second-order valence-electron chi connectivity index (χ2n) is 8.15. The zero-order valence-corrected chi connectivity index (χ0v) is 17.9. The average Bonchev–Trinajstić information content (AvgIpc) is 2.71. The number of hydrogen-bond acceptors (Lipinski definition) is 2. The molecule has 1 aliphatic carbocycles. The van der Waals surface area contributed by atoms with Gasteiger partial charge in [-0.2, -0.15) is 0 Å². The molecule has 2 aromatic carbocycles. The van der Waals surface area contributed by atoms with Crippen LogP contribution >= 0.6 is 15.9 Å². The van der Waals surface area contributed by atoms with E-state index in [1.165, 1.54) is 4.90 Å². The number of nitrogens with zero attached hydrogens (tertiary/aromatic N) is 1. The number of alkyl halides is 1. The third-order valence-electron chi connectivity index (χ3n) is 5.71. The SMILES string of the molecule is CC1(C)CCC2=C(C1=O)C(c1ccc(Br)cc1)NC(=O)N2c1cccc(CF)c1. The van der Waals surface area contributed by atoms with E-state index in [4.69, 9.17) is 0 Å². The highest BCUT2D eigenvalue weighted by Crippen LogP contribution is 2.45. The normalized spacial score (nSPS) is 21.1. The summed E-state index contributed by atoms with van der Waals surface area (Å²) in [5.41, 5.74) is 2.76. The molecule has 4 nitrogen and oxygen atoms in total. The van der Waals surface area contributed by atoms with Crippen molar-refractivity contribution in [2.45, 2.75) is 39.4 Å². The van der Waals surface area contributed by atoms with Crippen molar-refractivity contribution in [3.05, 3.63) is 75.4 Å². The fraction of sp³-hybridized carbons (Fsp3) is 0.304. The van der Waals surface area contributed by atoms with Crippen LogP contribution < -0.4 is 10.2 Å². The molecule has 0 spiro atoms. The Morgan fingerprint density at radius 3 is 2.59 bits per heavy atom. The molecule has 2 amide bonds. The summed E-state index contributed by atoms with van der Waals surface area (Å²) >= 11 is 3.43. The Bertz CT molecular complexity index is 1010. The van der Waals surface area contributed by atoms with Crippen molar-refractivity contribution in [2.24, 2.45) is 5.41 Å². The minimum Gasteiger partial charge on any atom is -0.326 e. The van der Waals surface area contributed by atoms with Crippen LogP contribution in [0.4, 0.5) is 14.9 Å². The highest BCUT2D eigenvalue weighted by molar-refractivity contribution is 9.10. The van der Waals surface area contributed by atoms with Gasteiger partial charge in [0.1, 0.15) is 6.67 Å². The Kier molecular flexibility index (Phi) is 5.07. The minimum atomic E-state index is -0.608. The lowest BCUT2D eigenvalue weighted by atomic mass is 9.71. The molecule has 1 N–H and O–H groups in total. The second-order valence-corrected chi connectivity index (χ2v) is 9.06. The van der Waals surface area contributed by atoms with E-state index in [2.05, 4.69) is 21.2 Å². The van der Waals surface area contributed by atoms with Crippen LogP contribution in [-0.2, 0) is 11.5 Å². The van der Waals surface area contributed by atoms with E-state index < -0.39 is 18.1 Å². The van der Waals surface area contributed by atoms with Gasteiger partial charge in [-0.1, -0.05) is 54.0 Å². The van der Waals surface area contributed by atoms with E-state index in [9.17, 15) is 14.0 Å². The van der Waals surface area contributed by atoms with Crippen molar-refractivity contribution < 1.29 is 14.0 Å². The molecule has 1 heterocycles. The number of carbonyl (C=O) groups excluding carboxylic acids is 2. The van der Waals surface area contributed by atoms with Crippen LogP contribution in [0.1, 0.15) is 43.9 Å². The van der Waals surface area contributed by atoms with Crippen LogP contribution in [0.25, 0.3) is 0 Å². The number of halogens is 2. The molecule has 0 bridgehead atoms. The molecule has 0 fully saturated rings. The molecule has 4 rings (SSSR count). The van der Waals surface area contributed by atoms with Gasteiger partial charge in [0, 0.05) is 21.2 Å². The van der Waals surface area contributed by atoms with E-state index in [1.54, 1.807) is 24.3 Å². The fourth-order valence-corrected chi connectivity index (χ4v) is 4.31. The van der Waals surface area contributed by atoms with Gasteiger partial charge >= 0.3 is 6.03 Å². The zero-order valence-electron chi connectivity index (χ0n) is 16.3. The van der Waals surface area contributed by atoms with Gasteiger partial charge in [0.2, 0.25) is 0 Å². The molecular weight excluding hydrogens is 435 g/mol. The van der Waals surface area contributed by atoms with Crippen LogP contribution in [0.2, 0.25) is 0 Å². The number of anilines is 1. The van der Waals surface area contributed by atoms with Crippen LogP contribution in [-0.4, -0.2) is 11.8 Å². The Morgan fingerprint density at radius 1 is 1.17 bits per heavy atom. The number of amides is 2. The standard InChI is InChI=1S/C23H22BrFN2O2/c1-23(2)11-10-18-19(21(23)28)20(15-6-8-16(24)9-7-15)26-22(29)27(18)17-5-3-4-14(12-17)13-25/h3-9,12,20H,10-11,13H2,1-2H3,(H,26,29). The van der Waals surface area contributed by atoms with Crippen molar-refractivity contribution in [1.82, 2.24) is 5.32 Å². The van der Waals surface area contributed by atoms with Gasteiger partial charge in [-0.15, -0.1) is 0 Å². The molecule has 6 heteroatoms. The molecule has 2 aliphatic rings. The molecule has 0 radical (unpaired) electrons. The van der Waals surface area contributed by atoms with E-state index in [0.29, 0.717) is 35.4 Å². The Hall–Kier alpha value is -2.47. The lowest BCUT2D eigenvalue weighted by Gasteiger charge is -2.43. The maximum Gasteiger partial charge on any atom is 0.327 e. The molecule has 1 aliphatic heterocycles. The summed E-state index contributed by atoms with van der Waals surface area (Å²) < 4.78 is 14.1. The number of Topliss-reactive ketones (excluding diaryl/α,β-unsaturated/α-hetero) is 1. The third kappa shape index (κ3) is 3.50. The van der Waals surface area contributed by atoms with Crippen LogP contribution in [0, 0.1) is 5.41 Å². The predicted molar refractivity (Wildman–Crippen MR) is 114 cm³/mol. The van der Waals surface area contributed by atoms with Gasteiger partial charge < -0.3 is 5.32 Å². The third-order valence-corrected chi connectivity index (χ3v) is 6.24. The number of rotatable bonds is 3. The van der Waals surface area contributed by atoms with Crippen molar-refractivity contribution in [3.8, 4) is 0 Å². The van der Waals surface area contributed by atoms with Crippen molar-refractivity contribution in [3.63, 3.8) is 0 Å². The molecule has 1 atom stereocenters. The first-order valence-corrected chi connectivity index (χ1v) is 10.4. The van der Waals surface area contributed by atoms with E-state index in [1.807, 2.05) is 38.1 Å².